The topological polar surface area (TPSA) is 73.2 Å². The third kappa shape index (κ3) is 4.07. The second-order valence-electron chi connectivity index (χ2n) is 6.75. The van der Waals surface area contributed by atoms with Gasteiger partial charge >= 0.3 is 0 Å². The maximum Gasteiger partial charge on any atom is 0.276 e. The van der Waals surface area contributed by atoms with Crippen molar-refractivity contribution in [1.29, 1.82) is 0 Å². The van der Waals surface area contributed by atoms with Gasteiger partial charge in [0.25, 0.3) is 11.5 Å². The lowest BCUT2D eigenvalue weighted by Crippen LogP contribution is -2.28. The molecule has 0 unspecified atom stereocenters. The molecule has 6 nitrogen and oxygen atoms in total. The molecule has 0 saturated carbocycles. The number of carbonyl (C=O) groups is 1. The van der Waals surface area contributed by atoms with E-state index in [1.807, 2.05) is 37.3 Å². The highest BCUT2D eigenvalue weighted by atomic mass is 16.5. The molecule has 0 spiro atoms. The Labute approximate surface area is 173 Å². The molecular formula is C24H21N3O3. The summed E-state index contributed by atoms with van der Waals surface area (Å²) in [6, 6.07) is 23.7. The summed E-state index contributed by atoms with van der Waals surface area (Å²) in [5.41, 5.74) is 1.53. The second kappa shape index (κ2) is 8.61. The minimum Gasteiger partial charge on any atom is -0.494 e. The Morgan fingerprint density at radius 3 is 2.30 bits per heavy atom. The first-order chi connectivity index (χ1) is 14.7. The maximum atomic E-state index is 13.0. The number of nitrogens with one attached hydrogen (secondary N) is 1. The molecule has 1 heterocycles. The fraction of sp³-hybridized carbons (Fsp3) is 0.125. The van der Waals surface area contributed by atoms with Crippen molar-refractivity contribution in [2.75, 3.05) is 11.9 Å². The van der Waals surface area contributed by atoms with Crippen LogP contribution in [-0.4, -0.2) is 22.3 Å². The normalized spacial score (nSPS) is 10.7. The number of benzene rings is 3. The van der Waals surface area contributed by atoms with Crippen LogP contribution in [0.3, 0.4) is 0 Å². The van der Waals surface area contributed by atoms with Crippen LogP contribution in [0.2, 0.25) is 0 Å². The summed E-state index contributed by atoms with van der Waals surface area (Å²) >= 11 is 0. The lowest BCUT2D eigenvalue weighted by atomic mass is 10.1. The van der Waals surface area contributed by atoms with Crippen molar-refractivity contribution in [2.24, 2.45) is 0 Å². The molecule has 4 rings (SSSR count). The Hall–Kier alpha value is -3.93. The van der Waals surface area contributed by atoms with Crippen molar-refractivity contribution in [3.63, 3.8) is 0 Å². The van der Waals surface area contributed by atoms with E-state index in [9.17, 15) is 9.59 Å². The molecule has 30 heavy (non-hydrogen) atoms. The van der Waals surface area contributed by atoms with E-state index < -0.39 is 0 Å². The Bertz CT molecular complexity index is 1230. The molecule has 1 N–H and O–H groups in total. The number of nitrogens with zero attached hydrogens (tertiary/aromatic N) is 2. The zero-order valence-electron chi connectivity index (χ0n) is 16.5. The van der Waals surface area contributed by atoms with Crippen LogP contribution in [-0.2, 0) is 6.54 Å². The zero-order valence-corrected chi connectivity index (χ0v) is 16.5. The van der Waals surface area contributed by atoms with Gasteiger partial charge in [0.15, 0.2) is 5.69 Å². The third-order valence-electron chi connectivity index (χ3n) is 4.68. The van der Waals surface area contributed by atoms with Gasteiger partial charge in [-0.15, -0.1) is 0 Å². The van der Waals surface area contributed by atoms with E-state index in [0.29, 0.717) is 23.1 Å². The molecule has 0 aliphatic carbocycles. The Kier molecular flexibility index (Phi) is 5.57. The summed E-state index contributed by atoms with van der Waals surface area (Å²) in [6.45, 7) is 2.77. The molecule has 6 heteroatoms. The fourth-order valence-electron chi connectivity index (χ4n) is 3.26. The predicted octanol–water partition coefficient (Wildman–Crippen LogP) is 4.10. The molecule has 4 aromatic rings. The van der Waals surface area contributed by atoms with Crippen molar-refractivity contribution < 1.29 is 9.53 Å². The lowest BCUT2D eigenvalue weighted by Gasteiger charge is -2.12. The molecule has 0 atom stereocenters. The summed E-state index contributed by atoms with van der Waals surface area (Å²) in [6.07, 6.45) is 0. The van der Waals surface area contributed by atoms with E-state index in [1.54, 1.807) is 48.5 Å². The number of aromatic nitrogens is 2. The second-order valence-corrected chi connectivity index (χ2v) is 6.75. The van der Waals surface area contributed by atoms with Crippen LogP contribution in [0.4, 0.5) is 5.69 Å². The van der Waals surface area contributed by atoms with Crippen LogP contribution in [0.25, 0.3) is 10.8 Å². The van der Waals surface area contributed by atoms with E-state index in [1.165, 1.54) is 4.68 Å². The zero-order chi connectivity index (χ0) is 20.9. The van der Waals surface area contributed by atoms with Gasteiger partial charge in [-0.05, 0) is 42.8 Å². The highest BCUT2D eigenvalue weighted by Gasteiger charge is 2.17. The predicted molar refractivity (Wildman–Crippen MR) is 117 cm³/mol. The number of carbonyl (C=O) groups excluding carboxylic acids is 1. The molecule has 1 aromatic heterocycles. The van der Waals surface area contributed by atoms with Gasteiger partial charge in [-0.2, -0.15) is 5.10 Å². The van der Waals surface area contributed by atoms with Crippen molar-refractivity contribution in [1.82, 2.24) is 9.78 Å². The van der Waals surface area contributed by atoms with Crippen molar-refractivity contribution in [2.45, 2.75) is 13.5 Å². The smallest absolute Gasteiger partial charge is 0.276 e. The van der Waals surface area contributed by atoms with Gasteiger partial charge in [-0.25, -0.2) is 4.68 Å². The molecule has 0 radical (unpaired) electrons. The molecule has 0 aliphatic heterocycles. The van der Waals surface area contributed by atoms with E-state index in [-0.39, 0.29) is 23.7 Å². The molecular weight excluding hydrogens is 378 g/mol. The number of rotatable bonds is 6. The molecule has 0 fully saturated rings. The van der Waals surface area contributed by atoms with E-state index in [2.05, 4.69) is 10.4 Å². The van der Waals surface area contributed by atoms with Gasteiger partial charge < -0.3 is 10.1 Å². The maximum absolute atomic E-state index is 13.0. The number of amides is 1. The third-order valence-corrected chi connectivity index (χ3v) is 4.68. The number of hydrogen-bond donors (Lipinski definition) is 1. The largest absolute Gasteiger partial charge is 0.494 e. The van der Waals surface area contributed by atoms with Gasteiger partial charge in [-0.1, -0.05) is 48.5 Å². The van der Waals surface area contributed by atoms with E-state index in [4.69, 9.17) is 4.74 Å². The lowest BCUT2D eigenvalue weighted by molar-refractivity contribution is 0.102. The number of anilines is 1. The highest BCUT2D eigenvalue weighted by molar-refractivity contribution is 6.11. The first-order valence-electron chi connectivity index (χ1n) is 9.73. The summed E-state index contributed by atoms with van der Waals surface area (Å²) in [5.74, 6) is 0.354. The van der Waals surface area contributed by atoms with Gasteiger partial charge in [0, 0.05) is 11.1 Å². The summed E-state index contributed by atoms with van der Waals surface area (Å²) < 4.78 is 6.77. The SMILES string of the molecule is CCOc1ccc(NC(=O)c2nn(Cc3ccccc3)c(=O)c3ccccc23)cc1. The van der Waals surface area contributed by atoms with Gasteiger partial charge in [0.1, 0.15) is 5.75 Å². The van der Waals surface area contributed by atoms with Crippen LogP contribution < -0.4 is 15.6 Å². The first-order valence-corrected chi connectivity index (χ1v) is 9.73. The molecule has 1 amide bonds. The number of hydrogen-bond acceptors (Lipinski definition) is 4. The van der Waals surface area contributed by atoms with Crippen LogP contribution in [0.1, 0.15) is 23.0 Å². The minimum atomic E-state index is -0.378. The van der Waals surface area contributed by atoms with Crippen LogP contribution >= 0.6 is 0 Å². The standard InChI is InChI=1S/C24H21N3O3/c1-2-30-19-14-12-18(13-15-19)25-23(28)22-20-10-6-7-11-21(20)24(29)27(26-22)16-17-8-4-3-5-9-17/h3-15H,2,16H2,1H3,(H,25,28). The van der Waals surface area contributed by atoms with E-state index in [0.717, 1.165) is 11.3 Å². The monoisotopic (exact) mass is 399 g/mol. The quantitative estimate of drug-likeness (QED) is 0.530. The average molecular weight is 399 g/mol. The Balaban J connectivity index is 1.71. The van der Waals surface area contributed by atoms with E-state index >= 15 is 0 Å². The molecule has 0 bridgehead atoms. The highest BCUT2D eigenvalue weighted by Crippen LogP contribution is 2.19. The van der Waals surface area contributed by atoms with Crippen molar-refractivity contribution in [3.8, 4) is 5.75 Å². The van der Waals surface area contributed by atoms with Crippen molar-refractivity contribution in [3.05, 3.63) is 100 Å². The summed E-state index contributed by atoms with van der Waals surface area (Å²) in [7, 11) is 0. The van der Waals surface area contributed by atoms with Crippen LogP contribution in [0.5, 0.6) is 5.75 Å². The van der Waals surface area contributed by atoms with Crippen LogP contribution in [0, 0.1) is 0 Å². The number of ether oxygens (including phenoxy) is 1. The molecule has 3 aromatic carbocycles. The Morgan fingerprint density at radius 1 is 0.933 bits per heavy atom. The molecule has 0 saturated heterocycles. The summed E-state index contributed by atoms with van der Waals surface area (Å²) in [4.78, 5) is 26.0. The number of fused-ring (bicyclic) bond motifs is 1. The minimum absolute atomic E-state index is 0.204. The van der Waals surface area contributed by atoms with Gasteiger partial charge in [0.05, 0.1) is 18.5 Å². The molecule has 0 aliphatic rings. The first kappa shape index (κ1) is 19.4. The average Bonchev–Trinajstić information content (AvgIpc) is 2.78. The van der Waals surface area contributed by atoms with Gasteiger partial charge in [-0.3, -0.25) is 9.59 Å². The van der Waals surface area contributed by atoms with Crippen molar-refractivity contribution >= 4 is 22.4 Å². The Morgan fingerprint density at radius 2 is 1.60 bits per heavy atom. The molecule has 150 valence electrons. The summed E-state index contributed by atoms with van der Waals surface area (Å²) in [5, 5.41) is 8.25. The van der Waals surface area contributed by atoms with Crippen LogP contribution in [0.15, 0.2) is 83.7 Å². The van der Waals surface area contributed by atoms with Gasteiger partial charge in [0.2, 0.25) is 0 Å². The fourth-order valence-corrected chi connectivity index (χ4v) is 3.26.